The Morgan fingerprint density at radius 2 is 2.09 bits per heavy atom. The van der Waals surface area contributed by atoms with Gasteiger partial charge in [0.15, 0.2) is 5.72 Å². The van der Waals surface area contributed by atoms with Gasteiger partial charge in [0.1, 0.15) is 10.8 Å². The molecule has 0 unspecified atom stereocenters. The first-order chi connectivity index (χ1) is 10.7. The van der Waals surface area contributed by atoms with Crippen LogP contribution in [0.25, 0.3) is 10.1 Å². The third-order valence-corrected chi connectivity index (χ3v) is 6.51. The van der Waals surface area contributed by atoms with Gasteiger partial charge in [0.05, 0.1) is 0 Å². The molecule has 3 aliphatic carbocycles. The molecule has 1 aromatic carbocycles. The van der Waals surface area contributed by atoms with E-state index in [-0.39, 0.29) is 11.5 Å². The molecule has 6 heteroatoms. The summed E-state index contributed by atoms with van der Waals surface area (Å²) in [5, 5.41) is 3.79. The normalized spacial score (nSPS) is 34.1. The van der Waals surface area contributed by atoms with E-state index in [9.17, 15) is 4.39 Å². The van der Waals surface area contributed by atoms with Gasteiger partial charge in [-0.05, 0) is 67.7 Å². The summed E-state index contributed by atoms with van der Waals surface area (Å²) in [4.78, 5) is 6.00. The number of fused-ring (bicyclic) bond motifs is 3. The lowest BCUT2D eigenvalue weighted by atomic mass is 9.66. The highest BCUT2D eigenvalue weighted by molar-refractivity contribution is 7.22. The van der Waals surface area contributed by atoms with Crippen molar-refractivity contribution in [2.75, 3.05) is 5.12 Å². The van der Waals surface area contributed by atoms with Crippen LogP contribution in [0.4, 0.5) is 9.39 Å². The molecule has 2 heterocycles. The van der Waals surface area contributed by atoms with Crippen molar-refractivity contribution < 1.29 is 9.23 Å². The molecule has 1 atom stereocenters. The van der Waals surface area contributed by atoms with Crippen molar-refractivity contribution in [1.29, 1.82) is 0 Å². The van der Waals surface area contributed by atoms with Gasteiger partial charge in [-0.1, -0.05) is 5.59 Å². The lowest BCUT2D eigenvalue weighted by Crippen LogP contribution is -2.57. The van der Waals surface area contributed by atoms with Gasteiger partial charge < -0.3 is 0 Å². The Morgan fingerprint density at radius 1 is 1.23 bits per heavy atom. The van der Waals surface area contributed by atoms with Crippen molar-refractivity contribution in [3.05, 3.63) is 30.1 Å². The van der Waals surface area contributed by atoms with Crippen LogP contribution in [0.15, 0.2) is 24.3 Å². The molecule has 1 aromatic heterocycles. The lowest BCUT2D eigenvalue weighted by Gasteiger charge is -2.47. The Morgan fingerprint density at radius 3 is 2.86 bits per heavy atom. The summed E-state index contributed by atoms with van der Waals surface area (Å²) in [6.07, 6.45) is 6.22. The van der Waals surface area contributed by atoms with Crippen LogP contribution in [0.5, 0.6) is 0 Å². The predicted molar refractivity (Wildman–Crippen MR) is 84.4 cm³/mol. The van der Waals surface area contributed by atoms with Crippen LogP contribution in [-0.4, -0.2) is 5.72 Å². The van der Waals surface area contributed by atoms with Crippen LogP contribution in [0.2, 0.25) is 0 Å². The van der Waals surface area contributed by atoms with Crippen molar-refractivity contribution in [3.63, 3.8) is 0 Å². The summed E-state index contributed by atoms with van der Waals surface area (Å²) in [7, 11) is 0. The van der Waals surface area contributed by atoms with Gasteiger partial charge in [0.2, 0.25) is 0 Å². The predicted octanol–water partition coefficient (Wildman–Crippen LogP) is 3.71. The van der Waals surface area contributed by atoms with E-state index in [2.05, 4.69) is 11.0 Å². The van der Waals surface area contributed by atoms with Gasteiger partial charge in [-0.25, -0.2) is 9.51 Å². The fourth-order valence-corrected chi connectivity index (χ4v) is 5.22. The zero-order chi connectivity index (χ0) is 14.7. The molecule has 116 valence electrons. The minimum atomic E-state index is -0.261. The second-order valence-corrected chi connectivity index (χ2v) is 7.78. The highest BCUT2D eigenvalue weighted by Crippen LogP contribution is 2.49. The van der Waals surface area contributed by atoms with Gasteiger partial charge >= 0.3 is 0 Å². The van der Waals surface area contributed by atoms with E-state index in [0.717, 1.165) is 27.4 Å². The monoisotopic (exact) mass is 319 g/mol. The molecule has 2 N–H and O–H groups in total. The van der Waals surface area contributed by atoms with Gasteiger partial charge in [0.25, 0.3) is 0 Å². The summed E-state index contributed by atoms with van der Waals surface area (Å²) in [6, 6.07) is 6.90. The molecule has 3 saturated carbocycles. The number of thiophene rings is 1. The third-order valence-electron chi connectivity index (χ3n) is 5.40. The average molecular weight is 319 g/mol. The van der Waals surface area contributed by atoms with E-state index in [1.165, 1.54) is 31.7 Å². The average Bonchev–Trinajstić information content (AvgIpc) is 3.12. The number of benzene rings is 1. The zero-order valence-electron chi connectivity index (χ0n) is 12.1. The van der Waals surface area contributed by atoms with E-state index in [0.29, 0.717) is 5.92 Å². The molecule has 0 amide bonds. The third kappa shape index (κ3) is 1.91. The first-order valence-corrected chi connectivity index (χ1v) is 8.74. The number of hydrazine groups is 2. The highest BCUT2D eigenvalue weighted by atomic mass is 32.1. The van der Waals surface area contributed by atoms with Gasteiger partial charge in [-0.3, -0.25) is 4.84 Å². The Bertz CT molecular complexity index is 727. The minimum absolute atomic E-state index is 0.198. The summed E-state index contributed by atoms with van der Waals surface area (Å²) >= 11 is 1.62. The van der Waals surface area contributed by atoms with Gasteiger partial charge in [0, 0.05) is 10.6 Å². The van der Waals surface area contributed by atoms with E-state index >= 15 is 0 Å². The SMILES string of the molecule is Fc1ccc2sc(N3NO[C@]4(CC5CCC4CC5)N3)cc2c1. The van der Waals surface area contributed by atoms with E-state index in [1.807, 2.05) is 17.3 Å². The van der Waals surface area contributed by atoms with Crippen molar-refractivity contribution in [2.24, 2.45) is 11.8 Å². The quantitative estimate of drug-likeness (QED) is 0.840. The highest BCUT2D eigenvalue weighted by Gasteiger charge is 2.53. The number of halogens is 1. The maximum absolute atomic E-state index is 13.3. The Hall–Kier alpha value is -1.21. The maximum Gasteiger partial charge on any atom is 0.163 e. The molecule has 22 heavy (non-hydrogen) atoms. The maximum atomic E-state index is 13.3. The van der Waals surface area contributed by atoms with E-state index < -0.39 is 0 Å². The molecule has 2 bridgehead atoms. The molecular formula is C16H18FN3OS. The summed E-state index contributed by atoms with van der Waals surface area (Å²) in [5.41, 5.74) is 6.32. The Kier molecular flexibility index (Phi) is 2.80. The van der Waals surface area contributed by atoms with Crippen molar-refractivity contribution in [1.82, 2.24) is 11.0 Å². The molecule has 4 nitrogen and oxygen atoms in total. The van der Waals surface area contributed by atoms with Crippen LogP contribution in [0, 0.1) is 17.7 Å². The van der Waals surface area contributed by atoms with Crippen LogP contribution < -0.4 is 16.1 Å². The van der Waals surface area contributed by atoms with Crippen LogP contribution in [0.3, 0.4) is 0 Å². The lowest BCUT2D eigenvalue weighted by molar-refractivity contribution is -0.153. The zero-order valence-corrected chi connectivity index (χ0v) is 13.0. The summed E-state index contributed by atoms with van der Waals surface area (Å²) in [5.74, 6) is 1.15. The van der Waals surface area contributed by atoms with Crippen molar-refractivity contribution in [2.45, 2.75) is 37.8 Å². The van der Waals surface area contributed by atoms with Crippen molar-refractivity contribution >= 4 is 26.4 Å². The van der Waals surface area contributed by atoms with Crippen LogP contribution in [-0.2, 0) is 4.84 Å². The molecule has 6 rings (SSSR count). The second-order valence-electron chi connectivity index (χ2n) is 6.72. The second kappa shape index (κ2) is 4.64. The van der Waals surface area contributed by atoms with Crippen LogP contribution in [0.1, 0.15) is 32.1 Å². The molecule has 1 saturated heterocycles. The number of nitrogens with one attached hydrogen (secondary N) is 2. The van der Waals surface area contributed by atoms with Crippen molar-refractivity contribution in [3.8, 4) is 0 Å². The number of hydrogen-bond donors (Lipinski definition) is 2. The molecule has 4 fully saturated rings. The number of anilines is 1. The first-order valence-electron chi connectivity index (χ1n) is 7.93. The smallest absolute Gasteiger partial charge is 0.163 e. The fraction of sp³-hybridized carbons (Fsp3) is 0.500. The standard InChI is InChI=1S/C16H18FN3OS/c17-13-5-6-14-11(7-13)8-15(22-14)20-18-16(21-19-20)9-10-1-3-12(16)4-2-10/h5-8,10,12,18-19H,1-4,9H2/t10?,12?,16-/m0/s1. The molecule has 2 aromatic rings. The largest absolute Gasteiger partial charge is 0.257 e. The molecule has 1 spiro atoms. The molecule has 4 aliphatic rings. The number of hydrogen-bond acceptors (Lipinski definition) is 5. The molecular weight excluding hydrogens is 301 g/mol. The van der Waals surface area contributed by atoms with Gasteiger partial charge in [-0.15, -0.1) is 11.3 Å². The Balaban J connectivity index is 1.44. The van der Waals surface area contributed by atoms with E-state index in [1.54, 1.807) is 17.4 Å². The number of rotatable bonds is 1. The molecule has 0 radical (unpaired) electrons. The summed E-state index contributed by atoms with van der Waals surface area (Å²) < 4.78 is 14.4. The topological polar surface area (TPSA) is 36.5 Å². The van der Waals surface area contributed by atoms with Crippen LogP contribution >= 0.6 is 11.3 Å². The first kappa shape index (κ1) is 13.2. The van der Waals surface area contributed by atoms with E-state index in [4.69, 9.17) is 4.84 Å². The summed E-state index contributed by atoms with van der Waals surface area (Å²) in [6.45, 7) is 0. The minimum Gasteiger partial charge on any atom is -0.257 e. The van der Waals surface area contributed by atoms with Gasteiger partial charge in [-0.2, -0.15) is 5.43 Å². The molecule has 1 aliphatic heterocycles. The Labute approximate surface area is 132 Å². The number of nitrogens with zero attached hydrogens (tertiary/aromatic N) is 1. The fourth-order valence-electron chi connectivity index (χ4n) is 4.26.